The Bertz CT molecular complexity index is 1140. The molecule has 0 spiro atoms. The highest BCUT2D eigenvalue weighted by molar-refractivity contribution is 6.10. The smallest absolute Gasteiger partial charge is 0.136 e. The van der Waals surface area contributed by atoms with Gasteiger partial charge in [-0.1, -0.05) is 24.3 Å². The summed E-state index contributed by atoms with van der Waals surface area (Å²) in [5.41, 5.74) is 1.76. The Hall–Kier alpha value is -2.56. The minimum absolute atomic E-state index is 0.420. The quantitative estimate of drug-likeness (QED) is 0.424. The van der Waals surface area contributed by atoms with Crippen LogP contribution >= 0.6 is 0 Å². The van der Waals surface area contributed by atoms with E-state index in [2.05, 4.69) is 36.4 Å². The Labute approximate surface area is 151 Å². The van der Waals surface area contributed by atoms with Crippen molar-refractivity contribution in [1.82, 2.24) is 0 Å². The van der Waals surface area contributed by atoms with Gasteiger partial charge in [0.05, 0.1) is 5.69 Å². The summed E-state index contributed by atoms with van der Waals surface area (Å²) in [5, 5.41) is 6.05. The minimum Gasteiger partial charge on any atom is -0.456 e. The van der Waals surface area contributed by atoms with Crippen LogP contribution in [0.15, 0.2) is 59.0 Å². The maximum Gasteiger partial charge on any atom is 0.136 e. The molecule has 0 unspecified atom stereocenters. The second kappa shape index (κ2) is 5.00. The molecule has 0 amide bonds. The average Bonchev–Trinajstić information content (AvgIpc) is 3.05. The van der Waals surface area contributed by atoms with E-state index in [0.717, 1.165) is 27.6 Å². The van der Waals surface area contributed by atoms with Crippen molar-refractivity contribution < 1.29 is 14.1 Å². The summed E-state index contributed by atoms with van der Waals surface area (Å²) in [7, 11) is 0. The number of benzene rings is 3. The molecule has 1 fully saturated rings. The van der Waals surface area contributed by atoms with Crippen LogP contribution in [0.1, 0.15) is 27.7 Å². The topological polar surface area (TPSA) is 34.8 Å². The van der Waals surface area contributed by atoms with Crippen molar-refractivity contribution in [3.63, 3.8) is 0 Å². The number of anilines is 1. The van der Waals surface area contributed by atoms with Crippen molar-refractivity contribution in [2.45, 2.75) is 38.9 Å². The van der Waals surface area contributed by atoms with E-state index >= 15 is 0 Å². The molecule has 4 heteroatoms. The van der Waals surface area contributed by atoms with E-state index in [1.165, 1.54) is 16.0 Å². The van der Waals surface area contributed by atoms with Crippen LogP contribution in [-0.2, 0) is 9.68 Å². The summed E-state index contributed by atoms with van der Waals surface area (Å²) in [5.74, 6) is 0. The second-order valence-corrected chi connectivity index (χ2v) is 7.94. The van der Waals surface area contributed by atoms with Crippen LogP contribution < -0.4 is 5.23 Å². The van der Waals surface area contributed by atoms with E-state index in [9.17, 15) is 0 Å². The fraction of sp³-hybridized carbons (Fsp3) is 0.273. The summed E-state index contributed by atoms with van der Waals surface area (Å²) in [4.78, 5) is 12.1. The molecule has 4 nitrogen and oxygen atoms in total. The molecule has 132 valence electrons. The number of nitrogens with zero attached hydrogens (tertiary/aromatic N) is 1. The lowest BCUT2D eigenvalue weighted by Gasteiger charge is -2.26. The molecular formula is C22H21NO3. The van der Waals surface area contributed by atoms with E-state index in [4.69, 9.17) is 14.1 Å². The molecular weight excluding hydrogens is 326 g/mol. The molecule has 0 saturated carbocycles. The summed E-state index contributed by atoms with van der Waals surface area (Å²) in [6.45, 7) is 8.13. The number of hydrogen-bond donors (Lipinski definition) is 0. The fourth-order valence-corrected chi connectivity index (χ4v) is 3.32. The van der Waals surface area contributed by atoms with Crippen molar-refractivity contribution in [2.24, 2.45) is 0 Å². The third-order valence-electron chi connectivity index (χ3n) is 5.60. The normalized spacial score (nSPS) is 19.0. The van der Waals surface area contributed by atoms with Gasteiger partial charge < -0.3 is 4.42 Å². The fourth-order valence-electron chi connectivity index (χ4n) is 3.32. The van der Waals surface area contributed by atoms with Crippen molar-refractivity contribution in [1.29, 1.82) is 0 Å². The third kappa shape index (κ3) is 2.16. The SMILES string of the molecule is CC1(C)ON(c2ccc3oc4cc5ccccc5cc4c3c2)OC1(C)C. The largest absolute Gasteiger partial charge is 0.456 e. The molecule has 0 radical (unpaired) electrons. The van der Waals surface area contributed by atoms with Crippen molar-refractivity contribution >= 4 is 38.4 Å². The number of hydrogen-bond acceptors (Lipinski definition) is 4. The summed E-state index contributed by atoms with van der Waals surface area (Å²) < 4.78 is 6.06. The lowest BCUT2D eigenvalue weighted by molar-refractivity contribution is -0.0272. The first kappa shape index (κ1) is 15.7. The molecule has 0 N–H and O–H groups in total. The van der Waals surface area contributed by atoms with Crippen LogP contribution in [0.5, 0.6) is 0 Å². The molecule has 1 saturated heterocycles. The van der Waals surface area contributed by atoms with Crippen LogP contribution in [0.25, 0.3) is 32.7 Å². The molecule has 0 bridgehead atoms. The van der Waals surface area contributed by atoms with Crippen LogP contribution in [0.4, 0.5) is 5.69 Å². The zero-order valence-electron chi connectivity index (χ0n) is 15.4. The van der Waals surface area contributed by atoms with Crippen molar-refractivity contribution in [2.75, 3.05) is 5.23 Å². The van der Waals surface area contributed by atoms with Crippen molar-refractivity contribution in [3.8, 4) is 0 Å². The van der Waals surface area contributed by atoms with Gasteiger partial charge in [0.25, 0.3) is 0 Å². The average molecular weight is 347 g/mol. The first-order valence-corrected chi connectivity index (χ1v) is 8.88. The third-order valence-corrected chi connectivity index (χ3v) is 5.60. The maximum atomic E-state index is 6.06. The highest BCUT2D eigenvalue weighted by Crippen LogP contribution is 2.41. The first-order valence-electron chi connectivity index (χ1n) is 8.88. The van der Waals surface area contributed by atoms with Crippen LogP contribution in [0.2, 0.25) is 0 Å². The minimum atomic E-state index is -0.420. The summed E-state index contributed by atoms with van der Waals surface area (Å²) in [6, 6.07) is 18.6. The van der Waals surface area contributed by atoms with Crippen LogP contribution in [0, 0.1) is 0 Å². The van der Waals surface area contributed by atoms with Gasteiger partial charge in [-0.25, -0.2) is 9.68 Å². The molecule has 1 aromatic heterocycles. The summed E-state index contributed by atoms with van der Waals surface area (Å²) >= 11 is 0. The van der Waals surface area contributed by atoms with Gasteiger partial charge in [0.1, 0.15) is 22.4 Å². The molecule has 1 aliphatic heterocycles. The summed E-state index contributed by atoms with van der Waals surface area (Å²) in [6.07, 6.45) is 0. The monoisotopic (exact) mass is 347 g/mol. The molecule has 0 aliphatic carbocycles. The van der Waals surface area contributed by atoms with Gasteiger partial charge in [-0.05, 0) is 68.8 Å². The molecule has 1 aliphatic rings. The van der Waals surface area contributed by atoms with Gasteiger partial charge in [-0.15, -0.1) is 5.23 Å². The molecule has 2 heterocycles. The van der Waals surface area contributed by atoms with Gasteiger partial charge in [0.15, 0.2) is 0 Å². The Morgan fingerprint density at radius 3 is 2.00 bits per heavy atom. The number of fused-ring (bicyclic) bond motifs is 4. The standard InChI is InChI=1S/C22H21NO3/c1-21(2)22(3,4)26-23(25-21)16-9-10-19-18(13-16)17-11-14-7-5-6-8-15(14)12-20(17)24-19/h5-13H,1-4H3. The van der Waals surface area contributed by atoms with E-state index < -0.39 is 11.2 Å². The Morgan fingerprint density at radius 1 is 0.692 bits per heavy atom. The Balaban J connectivity index is 1.67. The molecule has 26 heavy (non-hydrogen) atoms. The van der Waals surface area contributed by atoms with E-state index in [1.54, 1.807) is 0 Å². The molecule has 3 aromatic carbocycles. The zero-order valence-corrected chi connectivity index (χ0v) is 15.4. The van der Waals surface area contributed by atoms with E-state index in [1.807, 2.05) is 45.9 Å². The first-order chi connectivity index (χ1) is 12.3. The highest BCUT2D eigenvalue weighted by Gasteiger charge is 2.50. The Kier molecular flexibility index (Phi) is 3.01. The molecule has 5 rings (SSSR count). The molecule has 4 aromatic rings. The maximum absolute atomic E-state index is 6.06. The van der Waals surface area contributed by atoms with Crippen molar-refractivity contribution in [3.05, 3.63) is 54.6 Å². The lowest BCUT2D eigenvalue weighted by atomic mass is 9.90. The van der Waals surface area contributed by atoms with Gasteiger partial charge >= 0.3 is 0 Å². The van der Waals surface area contributed by atoms with E-state index in [0.29, 0.717) is 0 Å². The predicted molar refractivity (Wildman–Crippen MR) is 104 cm³/mol. The van der Waals surface area contributed by atoms with Gasteiger partial charge in [-0.3, -0.25) is 0 Å². The van der Waals surface area contributed by atoms with Gasteiger partial charge in [0, 0.05) is 10.8 Å². The van der Waals surface area contributed by atoms with Gasteiger partial charge in [-0.2, -0.15) is 0 Å². The van der Waals surface area contributed by atoms with Crippen LogP contribution in [0.3, 0.4) is 0 Å². The zero-order chi connectivity index (χ0) is 18.1. The second-order valence-electron chi connectivity index (χ2n) is 7.94. The number of furan rings is 1. The highest BCUT2D eigenvalue weighted by atomic mass is 17.0. The Morgan fingerprint density at radius 2 is 1.31 bits per heavy atom. The molecule has 0 atom stereocenters. The van der Waals surface area contributed by atoms with Crippen LogP contribution in [-0.4, -0.2) is 11.2 Å². The number of rotatable bonds is 1. The van der Waals surface area contributed by atoms with E-state index in [-0.39, 0.29) is 0 Å². The van der Waals surface area contributed by atoms with Gasteiger partial charge in [0.2, 0.25) is 0 Å². The lowest BCUT2D eigenvalue weighted by Crippen LogP contribution is -2.41. The predicted octanol–water partition coefficient (Wildman–Crippen LogP) is 5.98.